The Morgan fingerprint density at radius 3 is 2.37 bits per heavy atom. The van der Waals surface area contributed by atoms with Gasteiger partial charge in [-0.1, -0.05) is 18.2 Å². The molecule has 2 nitrogen and oxygen atoms in total. The van der Waals surface area contributed by atoms with Gasteiger partial charge in [-0.2, -0.15) is 0 Å². The molecule has 0 atom stereocenters. The standard InChI is InChI=1S/C16H17NOS/c1-13(18)14-7-9-15(10-8-14)17-11-12-19-16-5-3-2-4-6-16/h2-10,17H,11-12H2,1H3. The molecule has 0 unspecified atom stereocenters. The minimum Gasteiger partial charge on any atom is -0.384 e. The summed E-state index contributed by atoms with van der Waals surface area (Å²) in [7, 11) is 0. The molecule has 0 aromatic heterocycles. The van der Waals surface area contributed by atoms with Crippen molar-refractivity contribution in [3.05, 3.63) is 60.2 Å². The molecule has 0 aliphatic rings. The molecule has 0 amide bonds. The van der Waals surface area contributed by atoms with Crippen molar-refractivity contribution in [2.75, 3.05) is 17.6 Å². The summed E-state index contributed by atoms with van der Waals surface area (Å²) in [4.78, 5) is 12.4. The number of nitrogens with one attached hydrogen (secondary N) is 1. The monoisotopic (exact) mass is 271 g/mol. The van der Waals surface area contributed by atoms with Crippen LogP contribution in [0.15, 0.2) is 59.5 Å². The molecule has 0 heterocycles. The van der Waals surface area contributed by atoms with Crippen LogP contribution in [0.2, 0.25) is 0 Å². The number of carbonyl (C=O) groups excluding carboxylic acids is 1. The van der Waals surface area contributed by atoms with Crippen molar-refractivity contribution >= 4 is 23.2 Å². The van der Waals surface area contributed by atoms with E-state index in [9.17, 15) is 4.79 Å². The second kappa shape index (κ2) is 7.00. The maximum Gasteiger partial charge on any atom is 0.159 e. The third-order valence-electron chi connectivity index (χ3n) is 2.73. The highest BCUT2D eigenvalue weighted by Crippen LogP contribution is 2.17. The van der Waals surface area contributed by atoms with Crippen molar-refractivity contribution in [3.8, 4) is 0 Å². The fourth-order valence-corrected chi connectivity index (χ4v) is 2.49. The molecule has 0 saturated heterocycles. The van der Waals surface area contributed by atoms with E-state index in [1.54, 1.807) is 6.92 Å². The summed E-state index contributed by atoms with van der Waals surface area (Å²) in [5, 5.41) is 3.35. The van der Waals surface area contributed by atoms with Crippen molar-refractivity contribution < 1.29 is 4.79 Å². The van der Waals surface area contributed by atoms with Crippen LogP contribution in [0.25, 0.3) is 0 Å². The number of carbonyl (C=O) groups is 1. The predicted molar refractivity (Wildman–Crippen MR) is 82.1 cm³/mol. The van der Waals surface area contributed by atoms with E-state index in [0.29, 0.717) is 0 Å². The highest BCUT2D eigenvalue weighted by Gasteiger charge is 1.98. The molecule has 1 N–H and O–H groups in total. The first-order valence-corrected chi connectivity index (χ1v) is 7.27. The molecule has 2 rings (SSSR count). The summed E-state index contributed by atoms with van der Waals surface area (Å²) < 4.78 is 0. The number of thioether (sulfide) groups is 1. The summed E-state index contributed by atoms with van der Waals surface area (Å²) in [6.07, 6.45) is 0. The van der Waals surface area contributed by atoms with Crippen LogP contribution in [0.1, 0.15) is 17.3 Å². The quantitative estimate of drug-likeness (QED) is 0.487. The molecule has 0 bridgehead atoms. The van der Waals surface area contributed by atoms with Gasteiger partial charge in [0, 0.05) is 28.4 Å². The molecule has 3 heteroatoms. The number of Topliss-reactive ketones (excluding diaryl/α,β-unsaturated/α-hetero) is 1. The Balaban J connectivity index is 1.75. The molecule has 0 radical (unpaired) electrons. The first kappa shape index (κ1) is 13.7. The first-order valence-electron chi connectivity index (χ1n) is 6.28. The number of hydrogen-bond donors (Lipinski definition) is 1. The van der Waals surface area contributed by atoms with Gasteiger partial charge in [0.2, 0.25) is 0 Å². The van der Waals surface area contributed by atoms with Crippen molar-refractivity contribution in [1.29, 1.82) is 0 Å². The van der Waals surface area contributed by atoms with Crippen molar-refractivity contribution in [2.24, 2.45) is 0 Å². The van der Waals surface area contributed by atoms with Gasteiger partial charge >= 0.3 is 0 Å². The largest absolute Gasteiger partial charge is 0.384 e. The maximum atomic E-state index is 11.2. The molecule has 2 aromatic carbocycles. The van der Waals surface area contributed by atoms with E-state index in [0.717, 1.165) is 23.5 Å². The van der Waals surface area contributed by atoms with Crippen LogP contribution in [-0.2, 0) is 0 Å². The minimum absolute atomic E-state index is 0.103. The molecular formula is C16H17NOS. The normalized spacial score (nSPS) is 10.2. The number of rotatable bonds is 6. The maximum absolute atomic E-state index is 11.2. The predicted octanol–water partition coefficient (Wildman–Crippen LogP) is 4.09. The Kier molecular flexibility index (Phi) is 5.04. The molecule has 0 saturated carbocycles. The fourth-order valence-electron chi connectivity index (χ4n) is 1.70. The van der Waals surface area contributed by atoms with Gasteiger partial charge in [-0.3, -0.25) is 4.79 Å². The van der Waals surface area contributed by atoms with E-state index in [1.807, 2.05) is 42.1 Å². The number of benzene rings is 2. The average molecular weight is 271 g/mol. The SMILES string of the molecule is CC(=O)c1ccc(NCCSc2ccccc2)cc1. The molecule has 0 aliphatic carbocycles. The van der Waals surface area contributed by atoms with Crippen LogP contribution in [0, 0.1) is 0 Å². The van der Waals surface area contributed by atoms with E-state index in [2.05, 4.69) is 29.6 Å². The van der Waals surface area contributed by atoms with Crippen molar-refractivity contribution in [1.82, 2.24) is 0 Å². The summed E-state index contributed by atoms with van der Waals surface area (Å²) in [6.45, 7) is 2.48. The van der Waals surface area contributed by atoms with Gasteiger partial charge in [0.1, 0.15) is 0 Å². The van der Waals surface area contributed by atoms with Crippen LogP contribution in [0.4, 0.5) is 5.69 Å². The van der Waals surface area contributed by atoms with Crippen LogP contribution < -0.4 is 5.32 Å². The minimum atomic E-state index is 0.103. The zero-order valence-corrected chi connectivity index (χ0v) is 11.7. The second-order valence-electron chi connectivity index (χ2n) is 4.22. The third kappa shape index (κ3) is 4.45. The van der Waals surface area contributed by atoms with Gasteiger partial charge in [0.05, 0.1) is 0 Å². The highest BCUT2D eigenvalue weighted by atomic mass is 32.2. The van der Waals surface area contributed by atoms with Crippen LogP contribution in [0.3, 0.4) is 0 Å². The van der Waals surface area contributed by atoms with Crippen LogP contribution >= 0.6 is 11.8 Å². The molecule has 98 valence electrons. The fraction of sp³-hybridized carbons (Fsp3) is 0.188. The molecule has 0 fully saturated rings. The summed E-state index contributed by atoms with van der Waals surface area (Å²) >= 11 is 1.83. The Labute approximate surface area is 118 Å². The Morgan fingerprint density at radius 2 is 1.74 bits per heavy atom. The van der Waals surface area contributed by atoms with Crippen LogP contribution in [-0.4, -0.2) is 18.1 Å². The summed E-state index contributed by atoms with van der Waals surface area (Å²) in [5.41, 5.74) is 1.81. The van der Waals surface area contributed by atoms with E-state index in [-0.39, 0.29) is 5.78 Å². The number of hydrogen-bond acceptors (Lipinski definition) is 3. The lowest BCUT2D eigenvalue weighted by Gasteiger charge is -2.06. The lowest BCUT2D eigenvalue weighted by Crippen LogP contribution is -2.04. The summed E-state index contributed by atoms with van der Waals surface area (Å²) in [6, 6.07) is 18.0. The van der Waals surface area contributed by atoms with E-state index >= 15 is 0 Å². The van der Waals surface area contributed by atoms with Crippen LogP contribution in [0.5, 0.6) is 0 Å². The Morgan fingerprint density at radius 1 is 1.05 bits per heavy atom. The smallest absolute Gasteiger partial charge is 0.159 e. The van der Waals surface area contributed by atoms with E-state index in [1.165, 1.54) is 4.90 Å². The van der Waals surface area contributed by atoms with E-state index in [4.69, 9.17) is 0 Å². The van der Waals surface area contributed by atoms with Gasteiger partial charge in [-0.25, -0.2) is 0 Å². The van der Waals surface area contributed by atoms with Gasteiger partial charge < -0.3 is 5.32 Å². The molecule has 0 aliphatic heterocycles. The average Bonchev–Trinajstić information content (AvgIpc) is 2.45. The first-order chi connectivity index (χ1) is 9.25. The molecular weight excluding hydrogens is 254 g/mol. The number of anilines is 1. The Bertz CT molecular complexity index is 522. The molecule has 0 spiro atoms. The van der Waals surface area contributed by atoms with Crippen molar-refractivity contribution in [3.63, 3.8) is 0 Å². The Hall–Kier alpha value is -1.74. The lowest BCUT2D eigenvalue weighted by molar-refractivity contribution is 0.101. The topological polar surface area (TPSA) is 29.1 Å². The molecule has 2 aromatic rings. The van der Waals surface area contributed by atoms with Gasteiger partial charge in [-0.05, 0) is 43.3 Å². The number of ketones is 1. The zero-order chi connectivity index (χ0) is 13.5. The van der Waals surface area contributed by atoms with Crippen molar-refractivity contribution in [2.45, 2.75) is 11.8 Å². The summed E-state index contributed by atoms with van der Waals surface area (Å²) in [5.74, 6) is 1.12. The second-order valence-corrected chi connectivity index (χ2v) is 5.39. The van der Waals surface area contributed by atoms with Gasteiger partial charge in [0.15, 0.2) is 5.78 Å². The van der Waals surface area contributed by atoms with E-state index < -0.39 is 0 Å². The zero-order valence-electron chi connectivity index (χ0n) is 10.9. The third-order valence-corrected chi connectivity index (χ3v) is 3.75. The van der Waals surface area contributed by atoms with Gasteiger partial charge in [0.25, 0.3) is 0 Å². The highest BCUT2D eigenvalue weighted by molar-refractivity contribution is 7.99. The molecule has 19 heavy (non-hydrogen) atoms. The lowest BCUT2D eigenvalue weighted by atomic mass is 10.1. The van der Waals surface area contributed by atoms with Gasteiger partial charge in [-0.15, -0.1) is 11.8 Å².